The summed E-state index contributed by atoms with van der Waals surface area (Å²) < 4.78 is 1.04. The highest BCUT2D eigenvalue weighted by atomic mass is 79.9. The molecule has 0 spiro atoms. The van der Waals surface area contributed by atoms with Gasteiger partial charge in [0.2, 0.25) is 0 Å². The van der Waals surface area contributed by atoms with Crippen LogP contribution in [0.5, 0.6) is 0 Å². The van der Waals surface area contributed by atoms with E-state index >= 15 is 0 Å². The minimum Gasteiger partial charge on any atom is -0.310 e. The summed E-state index contributed by atoms with van der Waals surface area (Å²) in [5.74, 6) is 0. The Balaban J connectivity index is 1.88. The lowest BCUT2D eigenvalue weighted by Crippen LogP contribution is -2.27. The van der Waals surface area contributed by atoms with Crippen LogP contribution in [0.15, 0.2) is 22.7 Å². The minimum atomic E-state index is 0.678. The molecule has 0 atom stereocenters. The van der Waals surface area contributed by atoms with Gasteiger partial charge in [0.25, 0.3) is 0 Å². The third-order valence-corrected chi connectivity index (χ3v) is 4.30. The molecule has 1 aliphatic rings. The number of nitrogens with one attached hydrogen (secondary N) is 1. The zero-order chi connectivity index (χ0) is 12.1. The van der Waals surface area contributed by atoms with Gasteiger partial charge in [-0.3, -0.25) is 0 Å². The second kappa shape index (κ2) is 6.77. The third-order valence-electron chi connectivity index (χ3n) is 3.45. The van der Waals surface area contributed by atoms with Crippen molar-refractivity contribution in [1.82, 2.24) is 5.32 Å². The first-order valence-corrected chi connectivity index (χ1v) is 7.60. The normalized spacial score (nSPS) is 18.0. The van der Waals surface area contributed by atoms with Crippen molar-refractivity contribution in [2.24, 2.45) is 0 Å². The Hall–Kier alpha value is -0.0500. The van der Waals surface area contributed by atoms with E-state index in [0.717, 1.165) is 16.0 Å². The van der Waals surface area contributed by atoms with Gasteiger partial charge in [0.05, 0.1) is 0 Å². The molecule has 1 N–H and O–H groups in total. The topological polar surface area (TPSA) is 12.0 Å². The van der Waals surface area contributed by atoms with Crippen LogP contribution in [-0.2, 0) is 6.54 Å². The molecule has 1 nitrogen and oxygen atoms in total. The average molecular weight is 317 g/mol. The minimum absolute atomic E-state index is 0.678. The van der Waals surface area contributed by atoms with Crippen molar-refractivity contribution in [3.8, 4) is 0 Å². The molecule has 0 unspecified atom stereocenters. The molecule has 0 radical (unpaired) electrons. The molecule has 1 fully saturated rings. The van der Waals surface area contributed by atoms with Crippen molar-refractivity contribution in [2.75, 3.05) is 0 Å². The van der Waals surface area contributed by atoms with Gasteiger partial charge in [-0.1, -0.05) is 59.3 Å². The fraction of sp³-hybridized carbons (Fsp3) is 0.571. The Labute approximate surface area is 117 Å². The van der Waals surface area contributed by atoms with Crippen molar-refractivity contribution >= 4 is 27.5 Å². The van der Waals surface area contributed by atoms with E-state index in [1.165, 1.54) is 44.1 Å². The summed E-state index contributed by atoms with van der Waals surface area (Å²) in [4.78, 5) is 0. The molecule has 0 aromatic heterocycles. The molecule has 94 valence electrons. The lowest BCUT2D eigenvalue weighted by molar-refractivity contribution is 0.459. The fourth-order valence-corrected chi connectivity index (χ4v) is 3.14. The van der Waals surface area contributed by atoms with Crippen LogP contribution < -0.4 is 5.32 Å². The quantitative estimate of drug-likeness (QED) is 0.781. The van der Waals surface area contributed by atoms with Gasteiger partial charge < -0.3 is 5.32 Å². The molecule has 0 saturated heterocycles. The molecule has 0 aliphatic heterocycles. The van der Waals surface area contributed by atoms with E-state index in [-0.39, 0.29) is 0 Å². The maximum absolute atomic E-state index is 6.21. The number of halogens is 2. The van der Waals surface area contributed by atoms with Crippen molar-refractivity contribution in [3.63, 3.8) is 0 Å². The van der Waals surface area contributed by atoms with Crippen LogP contribution >= 0.6 is 27.5 Å². The van der Waals surface area contributed by atoms with E-state index in [9.17, 15) is 0 Å². The Morgan fingerprint density at radius 1 is 1.18 bits per heavy atom. The number of rotatable bonds is 3. The lowest BCUT2D eigenvalue weighted by Gasteiger charge is -2.16. The monoisotopic (exact) mass is 315 g/mol. The summed E-state index contributed by atoms with van der Waals surface area (Å²) in [6, 6.07) is 6.79. The first-order valence-electron chi connectivity index (χ1n) is 6.43. The summed E-state index contributed by atoms with van der Waals surface area (Å²) in [6.07, 6.45) is 8.16. The maximum Gasteiger partial charge on any atom is 0.0462 e. The smallest absolute Gasteiger partial charge is 0.0462 e. The lowest BCUT2D eigenvalue weighted by atomic mass is 10.1. The predicted molar refractivity (Wildman–Crippen MR) is 77.5 cm³/mol. The van der Waals surface area contributed by atoms with E-state index in [1.807, 2.05) is 6.07 Å². The zero-order valence-electron chi connectivity index (χ0n) is 10.0. The molecular weight excluding hydrogens is 298 g/mol. The summed E-state index contributed by atoms with van der Waals surface area (Å²) in [6.45, 7) is 0.886. The van der Waals surface area contributed by atoms with Crippen LogP contribution in [0.3, 0.4) is 0 Å². The Bertz CT molecular complexity index is 359. The summed E-state index contributed by atoms with van der Waals surface area (Å²) in [5.41, 5.74) is 1.19. The zero-order valence-corrected chi connectivity index (χ0v) is 12.4. The molecule has 1 aromatic rings. The van der Waals surface area contributed by atoms with Crippen LogP contribution in [0.2, 0.25) is 5.02 Å². The predicted octanol–water partition coefficient (Wildman–Crippen LogP) is 4.91. The van der Waals surface area contributed by atoms with Gasteiger partial charge in [-0.05, 0) is 30.5 Å². The first-order chi connectivity index (χ1) is 8.25. The van der Waals surface area contributed by atoms with Crippen LogP contribution in [0.25, 0.3) is 0 Å². The van der Waals surface area contributed by atoms with Crippen molar-refractivity contribution in [2.45, 2.75) is 51.1 Å². The molecule has 0 bridgehead atoms. The summed E-state index contributed by atoms with van der Waals surface area (Å²) in [5, 5.41) is 4.49. The van der Waals surface area contributed by atoms with Gasteiger partial charge in [0.1, 0.15) is 0 Å². The molecular formula is C14H19BrClN. The van der Waals surface area contributed by atoms with Crippen molar-refractivity contribution < 1.29 is 0 Å². The van der Waals surface area contributed by atoms with Crippen LogP contribution in [0.4, 0.5) is 0 Å². The average Bonchev–Trinajstić information content (AvgIpc) is 2.56. The Morgan fingerprint density at radius 3 is 2.53 bits per heavy atom. The van der Waals surface area contributed by atoms with Crippen LogP contribution in [-0.4, -0.2) is 6.04 Å². The highest BCUT2D eigenvalue weighted by Gasteiger charge is 2.11. The number of hydrogen-bond donors (Lipinski definition) is 1. The van der Waals surface area contributed by atoms with Gasteiger partial charge in [-0.2, -0.15) is 0 Å². The molecule has 1 aromatic carbocycles. The maximum atomic E-state index is 6.21. The van der Waals surface area contributed by atoms with Gasteiger partial charge in [0, 0.05) is 22.1 Å². The molecule has 1 aliphatic carbocycles. The standard InChI is InChI=1S/C14H19BrClN/c15-12-8-7-11(14(16)9-12)10-17-13-5-3-1-2-4-6-13/h7-9,13,17H,1-6,10H2. The molecule has 0 heterocycles. The largest absolute Gasteiger partial charge is 0.310 e. The third kappa shape index (κ3) is 4.27. The highest BCUT2D eigenvalue weighted by molar-refractivity contribution is 9.10. The van der Waals surface area contributed by atoms with E-state index in [4.69, 9.17) is 11.6 Å². The second-order valence-corrected chi connectivity index (χ2v) is 6.13. The fourth-order valence-electron chi connectivity index (χ4n) is 2.40. The Kier molecular flexibility index (Phi) is 5.33. The van der Waals surface area contributed by atoms with Crippen molar-refractivity contribution in [3.05, 3.63) is 33.3 Å². The van der Waals surface area contributed by atoms with Gasteiger partial charge in [0.15, 0.2) is 0 Å². The molecule has 1 saturated carbocycles. The molecule has 2 rings (SSSR count). The molecule has 17 heavy (non-hydrogen) atoms. The van der Waals surface area contributed by atoms with Gasteiger partial charge >= 0.3 is 0 Å². The molecule has 3 heteroatoms. The molecule has 0 amide bonds. The van der Waals surface area contributed by atoms with Crippen molar-refractivity contribution in [1.29, 1.82) is 0 Å². The highest BCUT2D eigenvalue weighted by Crippen LogP contribution is 2.22. The van der Waals surface area contributed by atoms with E-state index in [0.29, 0.717) is 6.04 Å². The SMILES string of the molecule is Clc1cc(Br)ccc1CNC1CCCCCC1. The Morgan fingerprint density at radius 2 is 1.88 bits per heavy atom. The van der Waals surface area contributed by atoms with Gasteiger partial charge in [-0.25, -0.2) is 0 Å². The first kappa shape index (κ1) is 13.4. The number of benzene rings is 1. The second-order valence-electron chi connectivity index (χ2n) is 4.81. The van der Waals surface area contributed by atoms with Crippen LogP contribution in [0, 0.1) is 0 Å². The van der Waals surface area contributed by atoms with E-state index in [1.54, 1.807) is 0 Å². The summed E-state index contributed by atoms with van der Waals surface area (Å²) >= 11 is 9.64. The summed E-state index contributed by atoms with van der Waals surface area (Å²) in [7, 11) is 0. The van der Waals surface area contributed by atoms with E-state index in [2.05, 4.69) is 33.4 Å². The van der Waals surface area contributed by atoms with E-state index < -0.39 is 0 Å². The van der Waals surface area contributed by atoms with Gasteiger partial charge in [-0.15, -0.1) is 0 Å². The number of hydrogen-bond acceptors (Lipinski definition) is 1. The van der Waals surface area contributed by atoms with Crippen LogP contribution in [0.1, 0.15) is 44.1 Å².